The van der Waals surface area contributed by atoms with Crippen LogP contribution in [0, 0.1) is 0 Å². The minimum atomic E-state index is 0.828. The molecule has 1 fully saturated rings. The van der Waals surface area contributed by atoms with Crippen LogP contribution in [0.25, 0.3) is 0 Å². The Morgan fingerprint density at radius 3 is 2.05 bits per heavy atom. The molecule has 2 heteroatoms. The van der Waals surface area contributed by atoms with Gasteiger partial charge in [-0.05, 0) is 43.4 Å². The maximum atomic E-state index is 4.95. The van der Waals surface area contributed by atoms with Crippen molar-refractivity contribution >= 4 is 11.4 Å². The van der Waals surface area contributed by atoms with Crippen LogP contribution in [0.5, 0.6) is 0 Å². The SMILES string of the molecule is c1ccc(CN(N=C2CCCCC2)c2ccccc2)cc1. The van der Waals surface area contributed by atoms with Crippen molar-refractivity contribution < 1.29 is 0 Å². The van der Waals surface area contributed by atoms with Gasteiger partial charge in [-0.25, -0.2) is 0 Å². The predicted molar refractivity (Wildman–Crippen MR) is 89.6 cm³/mol. The number of anilines is 1. The van der Waals surface area contributed by atoms with Crippen molar-refractivity contribution in [3.8, 4) is 0 Å². The zero-order chi connectivity index (χ0) is 14.3. The molecule has 0 unspecified atom stereocenters. The fraction of sp³-hybridized carbons (Fsp3) is 0.316. The minimum absolute atomic E-state index is 0.828. The lowest BCUT2D eigenvalue weighted by Crippen LogP contribution is -2.19. The first-order chi connectivity index (χ1) is 10.4. The Morgan fingerprint density at radius 2 is 1.38 bits per heavy atom. The summed E-state index contributed by atoms with van der Waals surface area (Å²) in [5.74, 6) is 0. The highest BCUT2D eigenvalue weighted by molar-refractivity contribution is 5.85. The highest BCUT2D eigenvalue weighted by Crippen LogP contribution is 2.21. The molecule has 0 radical (unpaired) electrons. The second kappa shape index (κ2) is 7.07. The van der Waals surface area contributed by atoms with Crippen LogP contribution in [0.3, 0.4) is 0 Å². The molecule has 3 rings (SSSR count). The summed E-state index contributed by atoms with van der Waals surface area (Å²) in [5.41, 5.74) is 3.81. The van der Waals surface area contributed by atoms with Crippen molar-refractivity contribution in [1.82, 2.24) is 0 Å². The lowest BCUT2D eigenvalue weighted by atomic mass is 9.99. The Morgan fingerprint density at radius 1 is 0.762 bits per heavy atom. The molecule has 1 aliphatic carbocycles. The second-order valence-electron chi connectivity index (χ2n) is 5.61. The number of benzene rings is 2. The van der Waals surface area contributed by atoms with Crippen molar-refractivity contribution in [2.75, 3.05) is 5.01 Å². The summed E-state index contributed by atoms with van der Waals surface area (Å²) in [6, 6.07) is 21.0. The van der Waals surface area contributed by atoms with Crippen LogP contribution in [-0.2, 0) is 6.54 Å². The van der Waals surface area contributed by atoms with Gasteiger partial charge in [-0.3, -0.25) is 5.01 Å². The summed E-state index contributed by atoms with van der Waals surface area (Å²) >= 11 is 0. The van der Waals surface area contributed by atoms with Gasteiger partial charge in [0.1, 0.15) is 0 Å². The Kier molecular flexibility index (Phi) is 4.67. The van der Waals surface area contributed by atoms with Crippen molar-refractivity contribution in [2.45, 2.75) is 38.6 Å². The van der Waals surface area contributed by atoms with Crippen LogP contribution in [0.2, 0.25) is 0 Å². The summed E-state index contributed by atoms with van der Waals surface area (Å²) in [6.45, 7) is 0.828. The van der Waals surface area contributed by atoms with Crippen molar-refractivity contribution in [3.05, 3.63) is 66.2 Å². The van der Waals surface area contributed by atoms with E-state index in [1.807, 2.05) is 0 Å². The molecule has 0 aliphatic heterocycles. The molecule has 0 heterocycles. The molecule has 2 aromatic carbocycles. The summed E-state index contributed by atoms with van der Waals surface area (Å²) in [6.07, 6.45) is 6.22. The van der Waals surface area contributed by atoms with Gasteiger partial charge >= 0.3 is 0 Å². The van der Waals surface area contributed by atoms with Gasteiger partial charge in [-0.1, -0.05) is 55.0 Å². The minimum Gasteiger partial charge on any atom is -0.261 e. The number of rotatable bonds is 4. The third-order valence-corrected chi connectivity index (χ3v) is 3.92. The normalized spacial score (nSPS) is 14.8. The summed E-state index contributed by atoms with van der Waals surface area (Å²) < 4.78 is 0. The smallest absolute Gasteiger partial charge is 0.0666 e. The molecule has 1 aliphatic rings. The fourth-order valence-corrected chi connectivity index (χ4v) is 2.77. The molecule has 0 bridgehead atoms. The highest BCUT2D eigenvalue weighted by atomic mass is 15.5. The van der Waals surface area contributed by atoms with E-state index in [2.05, 4.69) is 65.7 Å². The van der Waals surface area contributed by atoms with Gasteiger partial charge in [0.25, 0.3) is 0 Å². The molecular weight excluding hydrogens is 256 g/mol. The first-order valence-electron chi connectivity index (χ1n) is 7.85. The van der Waals surface area contributed by atoms with E-state index in [0.29, 0.717) is 0 Å². The number of para-hydroxylation sites is 1. The lowest BCUT2D eigenvalue weighted by molar-refractivity contribution is 0.659. The number of nitrogens with zero attached hydrogens (tertiary/aromatic N) is 2. The number of hydrazone groups is 1. The van der Waals surface area contributed by atoms with Crippen molar-refractivity contribution in [2.24, 2.45) is 5.10 Å². The van der Waals surface area contributed by atoms with Gasteiger partial charge in [0.05, 0.1) is 12.2 Å². The molecule has 2 aromatic rings. The van der Waals surface area contributed by atoms with Crippen LogP contribution in [0.4, 0.5) is 5.69 Å². The molecule has 0 saturated heterocycles. The maximum Gasteiger partial charge on any atom is 0.0666 e. The first-order valence-corrected chi connectivity index (χ1v) is 7.85. The quantitative estimate of drug-likeness (QED) is 0.717. The van der Waals surface area contributed by atoms with Gasteiger partial charge in [0.15, 0.2) is 0 Å². The Labute approximate surface area is 127 Å². The van der Waals surface area contributed by atoms with Crippen LogP contribution < -0.4 is 5.01 Å². The Hall–Kier alpha value is -2.09. The van der Waals surface area contributed by atoms with Crippen LogP contribution in [-0.4, -0.2) is 5.71 Å². The van der Waals surface area contributed by atoms with E-state index in [1.165, 1.54) is 36.2 Å². The molecule has 108 valence electrons. The molecule has 0 amide bonds. The van der Waals surface area contributed by atoms with Gasteiger partial charge in [-0.2, -0.15) is 5.10 Å². The average molecular weight is 278 g/mol. The fourth-order valence-electron chi connectivity index (χ4n) is 2.77. The summed E-state index contributed by atoms with van der Waals surface area (Å²) in [7, 11) is 0. The van der Waals surface area contributed by atoms with E-state index in [-0.39, 0.29) is 0 Å². The molecule has 21 heavy (non-hydrogen) atoms. The topological polar surface area (TPSA) is 15.6 Å². The Balaban J connectivity index is 1.84. The van der Waals surface area contributed by atoms with E-state index in [1.54, 1.807) is 0 Å². The van der Waals surface area contributed by atoms with Gasteiger partial charge in [0.2, 0.25) is 0 Å². The molecule has 2 nitrogen and oxygen atoms in total. The van der Waals surface area contributed by atoms with Gasteiger partial charge < -0.3 is 0 Å². The van der Waals surface area contributed by atoms with E-state index in [0.717, 1.165) is 19.4 Å². The maximum absolute atomic E-state index is 4.95. The van der Waals surface area contributed by atoms with Crippen LogP contribution in [0.1, 0.15) is 37.7 Å². The third-order valence-electron chi connectivity index (χ3n) is 3.92. The molecule has 0 atom stereocenters. The van der Waals surface area contributed by atoms with Crippen molar-refractivity contribution in [3.63, 3.8) is 0 Å². The molecule has 0 aromatic heterocycles. The Bertz CT molecular complexity index is 567. The van der Waals surface area contributed by atoms with E-state index in [9.17, 15) is 0 Å². The van der Waals surface area contributed by atoms with E-state index < -0.39 is 0 Å². The van der Waals surface area contributed by atoms with Gasteiger partial charge in [-0.15, -0.1) is 0 Å². The summed E-state index contributed by atoms with van der Waals surface area (Å²) in [5, 5.41) is 7.10. The molecular formula is C19H22N2. The van der Waals surface area contributed by atoms with E-state index in [4.69, 9.17) is 5.10 Å². The average Bonchev–Trinajstić information content (AvgIpc) is 2.57. The highest BCUT2D eigenvalue weighted by Gasteiger charge is 2.11. The zero-order valence-electron chi connectivity index (χ0n) is 12.4. The van der Waals surface area contributed by atoms with Gasteiger partial charge in [0, 0.05) is 5.71 Å². The lowest BCUT2D eigenvalue weighted by Gasteiger charge is -2.23. The van der Waals surface area contributed by atoms with Crippen molar-refractivity contribution in [1.29, 1.82) is 0 Å². The number of hydrogen-bond donors (Lipinski definition) is 0. The first kappa shape index (κ1) is 13.9. The zero-order valence-corrected chi connectivity index (χ0v) is 12.4. The third kappa shape index (κ3) is 3.94. The molecule has 0 spiro atoms. The van der Waals surface area contributed by atoms with Crippen LogP contribution in [0.15, 0.2) is 65.8 Å². The largest absolute Gasteiger partial charge is 0.261 e. The van der Waals surface area contributed by atoms with E-state index >= 15 is 0 Å². The monoisotopic (exact) mass is 278 g/mol. The van der Waals surface area contributed by atoms with Crippen LogP contribution >= 0.6 is 0 Å². The predicted octanol–water partition coefficient (Wildman–Crippen LogP) is 5.01. The standard InChI is InChI=1S/C19H22N2/c1-4-10-17(11-5-1)16-21(19-14-8-3-9-15-19)20-18-12-6-2-7-13-18/h1,3-5,8-11,14-15H,2,6-7,12-13,16H2. The number of hydrogen-bond acceptors (Lipinski definition) is 2. The molecule has 0 N–H and O–H groups in total. The molecule has 1 saturated carbocycles. The summed E-state index contributed by atoms with van der Waals surface area (Å²) in [4.78, 5) is 0. The second-order valence-corrected chi connectivity index (χ2v) is 5.61.